The molecule has 0 N–H and O–H groups in total. The van der Waals surface area contributed by atoms with Gasteiger partial charge in [-0.3, -0.25) is 0 Å². The number of rotatable bonds is 1. The second kappa shape index (κ2) is 3.93. The fraction of sp³-hybridized carbons (Fsp3) is 1.00. The summed E-state index contributed by atoms with van der Waals surface area (Å²) < 4.78 is 0. The zero-order valence-corrected chi connectivity index (χ0v) is 17.0. The minimum Gasteiger partial charge on any atom is -0.0698 e. The molecule has 1 saturated heterocycles. The molecule has 16 heavy (non-hydrogen) atoms. The highest BCUT2D eigenvalue weighted by Gasteiger charge is 2.56. The van der Waals surface area contributed by atoms with Crippen molar-refractivity contribution in [3.63, 3.8) is 0 Å². The number of hydrogen-bond donors (Lipinski definition) is 0. The molecule has 0 aromatic heterocycles. The van der Waals surface area contributed by atoms with Gasteiger partial charge in [-0.15, -0.1) is 0 Å². The summed E-state index contributed by atoms with van der Waals surface area (Å²) in [5, 5.41) is 0. The minimum absolute atomic E-state index is 0.836. The highest BCUT2D eigenvalue weighted by Crippen LogP contribution is 2.51. The average molecular weight is 289 g/mol. The Morgan fingerprint density at radius 3 is 1.31 bits per heavy atom. The molecule has 1 aliphatic rings. The second-order valence-corrected chi connectivity index (χ2v) is 32.6. The predicted octanol–water partition coefficient (Wildman–Crippen LogP) is 4.99. The normalized spacial score (nSPS) is 29.1. The molecule has 0 spiro atoms. The van der Waals surface area contributed by atoms with Crippen LogP contribution >= 0.6 is 0 Å². The summed E-state index contributed by atoms with van der Waals surface area (Å²) in [7, 11) is -3.66. The summed E-state index contributed by atoms with van der Waals surface area (Å²) in [6.07, 6.45) is 0. The molecule has 96 valence electrons. The molecule has 1 fully saturated rings. The second-order valence-electron chi connectivity index (χ2n) is 9.29. The third-order valence-electron chi connectivity index (χ3n) is 4.30. The third kappa shape index (κ3) is 3.00. The quantitative estimate of drug-likeness (QED) is 0.596. The van der Waals surface area contributed by atoms with Crippen molar-refractivity contribution in [1.82, 2.24) is 0 Å². The van der Waals surface area contributed by atoms with Crippen molar-refractivity contribution in [3.8, 4) is 0 Å². The van der Waals surface area contributed by atoms with E-state index in [0.29, 0.717) is 0 Å². The summed E-state index contributed by atoms with van der Waals surface area (Å²) in [4.78, 5) is 1.24. The molecule has 0 unspecified atom stereocenters. The highest BCUT2D eigenvalue weighted by atomic mass is 28.5. The summed E-state index contributed by atoms with van der Waals surface area (Å²) >= 11 is 0. The highest BCUT2D eigenvalue weighted by molar-refractivity contribution is 7.21. The molecule has 0 aromatic rings. The first-order valence-corrected chi connectivity index (χ1v) is 20.3. The van der Waals surface area contributed by atoms with Gasteiger partial charge >= 0.3 is 0 Å². The first kappa shape index (κ1) is 14.9. The summed E-state index contributed by atoms with van der Waals surface area (Å²) in [5.41, 5.74) is 3.40. The SMILES string of the molecule is C[Si]1(C)C[Si](C)(C)C([Si](C)(C)C)[Si](C)(C)C1. The molecule has 0 aromatic carbocycles. The Morgan fingerprint density at radius 2 is 1.06 bits per heavy atom. The van der Waals surface area contributed by atoms with Gasteiger partial charge in [0.2, 0.25) is 0 Å². The van der Waals surface area contributed by atoms with Crippen LogP contribution in [0.2, 0.25) is 75.0 Å². The largest absolute Gasteiger partial charge is 0.0698 e. The van der Waals surface area contributed by atoms with Crippen molar-refractivity contribution in [3.05, 3.63) is 0 Å². The van der Waals surface area contributed by atoms with Gasteiger partial charge in [0.05, 0.1) is 0 Å². The molecule has 1 aliphatic heterocycles. The maximum atomic E-state index is 2.72. The topological polar surface area (TPSA) is 0 Å². The van der Waals surface area contributed by atoms with Crippen molar-refractivity contribution in [1.29, 1.82) is 0 Å². The van der Waals surface area contributed by atoms with Crippen LogP contribution in [0.15, 0.2) is 0 Å². The van der Waals surface area contributed by atoms with Gasteiger partial charge in [-0.05, 0) is 0 Å². The van der Waals surface area contributed by atoms with Crippen molar-refractivity contribution < 1.29 is 0 Å². The smallest absolute Gasteiger partial charge is 0.0426 e. The molecule has 0 bridgehead atoms. The molecule has 0 saturated carbocycles. The molecule has 0 amide bonds. The molecule has 0 atom stereocenters. The predicted molar refractivity (Wildman–Crippen MR) is 89.2 cm³/mol. The van der Waals surface area contributed by atoms with Crippen LogP contribution in [0.4, 0.5) is 0 Å². The lowest BCUT2D eigenvalue weighted by atomic mass is 11.6. The van der Waals surface area contributed by atoms with Gasteiger partial charge in [-0.1, -0.05) is 75.0 Å². The van der Waals surface area contributed by atoms with Gasteiger partial charge in [0.25, 0.3) is 0 Å². The average Bonchev–Trinajstić information content (AvgIpc) is 1.67. The maximum absolute atomic E-state index is 2.72. The van der Waals surface area contributed by atoms with Crippen LogP contribution in [-0.4, -0.2) is 32.3 Å². The molecular formula is C12H32Si4. The fourth-order valence-corrected chi connectivity index (χ4v) is 60.0. The molecule has 0 nitrogen and oxygen atoms in total. The lowest BCUT2D eigenvalue weighted by Crippen LogP contribution is -2.66. The van der Waals surface area contributed by atoms with Crippen LogP contribution in [-0.2, 0) is 0 Å². The first-order chi connectivity index (χ1) is 6.78. The van der Waals surface area contributed by atoms with Crippen LogP contribution in [0.25, 0.3) is 0 Å². The molecule has 0 aliphatic carbocycles. The Labute approximate surface area is 107 Å². The Kier molecular flexibility index (Phi) is 3.67. The van der Waals surface area contributed by atoms with Crippen molar-refractivity contribution in [2.24, 2.45) is 0 Å². The third-order valence-corrected chi connectivity index (χ3v) is 38.7. The van der Waals surface area contributed by atoms with Crippen LogP contribution in [0, 0.1) is 0 Å². The van der Waals surface area contributed by atoms with E-state index in [1.807, 2.05) is 0 Å². The van der Waals surface area contributed by atoms with Gasteiger partial charge in [0.1, 0.15) is 0 Å². The van der Waals surface area contributed by atoms with Gasteiger partial charge in [0.15, 0.2) is 0 Å². The van der Waals surface area contributed by atoms with E-state index in [-0.39, 0.29) is 0 Å². The van der Waals surface area contributed by atoms with Crippen molar-refractivity contribution in [2.45, 2.75) is 75.0 Å². The zero-order valence-electron chi connectivity index (χ0n) is 13.0. The lowest BCUT2D eigenvalue weighted by molar-refractivity contribution is 1.24. The van der Waals surface area contributed by atoms with E-state index >= 15 is 0 Å². The van der Waals surface area contributed by atoms with Gasteiger partial charge in [0, 0.05) is 32.3 Å². The van der Waals surface area contributed by atoms with E-state index in [4.69, 9.17) is 0 Å². The molecular weight excluding hydrogens is 256 g/mol. The maximum Gasteiger partial charge on any atom is 0.0426 e. The zero-order chi connectivity index (χ0) is 13.0. The van der Waals surface area contributed by atoms with Crippen molar-refractivity contribution in [2.75, 3.05) is 0 Å². The van der Waals surface area contributed by atoms with E-state index in [0.717, 1.165) is 0 Å². The molecule has 1 heterocycles. The van der Waals surface area contributed by atoms with E-state index in [2.05, 4.69) is 58.9 Å². The molecule has 4 heteroatoms. The summed E-state index contributed by atoms with van der Waals surface area (Å²) in [6, 6.07) is 0. The van der Waals surface area contributed by atoms with E-state index < -0.39 is 32.3 Å². The van der Waals surface area contributed by atoms with Gasteiger partial charge < -0.3 is 0 Å². The molecule has 0 radical (unpaired) electrons. The standard InChI is InChI=1S/C12H32Si4/c1-13(2,3)12-15(6,7)10-14(4,5)11-16(12,8)9/h12H,10-11H2,1-9H3. The minimum atomic E-state index is -0.944. The van der Waals surface area contributed by atoms with Crippen LogP contribution in [0.5, 0.6) is 0 Å². The van der Waals surface area contributed by atoms with E-state index in [1.165, 1.54) is 4.79 Å². The van der Waals surface area contributed by atoms with Gasteiger partial charge in [-0.25, -0.2) is 0 Å². The Bertz CT molecular complexity index is 253. The van der Waals surface area contributed by atoms with Gasteiger partial charge in [-0.2, -0.15) is 0 Å². The Hall–Kier alpha value is 0.868. The van der Waals surface area contributed by atoms with E-state index in [9.17, 15) is 0 Å². The lowest BCUT2D eigenvalue weighted by Gasteiger charge is -2.57. The molecule has 1 rings (SSSR count). The monoisotopic (exact) mass is 288 g/mol. The Balaban J connectivity index is 3.17. The van der Waals surface area contributed by atoms with Crippen LogP contribution in [0.3, 0.4) is 0 Å². The van der Waals surface area contributed by atoms with Crippen molar-refractivity contribution >= 4 is 32.3 Å². The van der Waals surface area contributed by atoms with Crippen LogP contribution in [0.1, 0.15) is 0 Å². The van der Waals surface area contributed by atoms with E-state index in [1.54, 1.807) is 11.3 Å². The fourth-order valence-electron chi connectivity index (χ4n) is 6.14. The first-order valence-electron chi connectivity index (χ1n) is 6.78. The Morgan fingerprint density at radius 1 is 0.750 bits per heavy atom. The number of hydrogen-bond acceptors (Lipinski definition) is 0. The van der Waals surface area contributed by atoms with Crippen LogP contribution < -0.4 is 0 Å². The summed E-state index contributed by atoms with van der Waals surface area (Å²) in [6.45, 7) is 24.1. The summed E-state index contributed by atoms with van der Waals surface area (Å²) in [5.74, 6) is 0.